The lowest BCUT2D eigenvalue weighted by Gasteiger charge is -2.11. The van der Waals surface area contributed by atoms with Crippen molar-refractivity contribution in [2.75, 3.05) is 10.6 Å². The zero-order chi connectivity index (χ0) is 24.0. The molecule has 0 aromatic heterocycles. The third-order valence-electron chi connectivity index (χ3n) is 4.38. The number of amides is 4. The summed E-state index contributed by atoms with van der Waals surface area (Å²) < 4.78 is 30.0. The van der Waals surface area contributed by atoms with Crippen molar-refractivity contribution in [2.24, 2.45) is 0 Å². The number of rotatable bonds is 6. The Morgan fingerprint density at radius 3 is 2.00 bits per heavy atom. The summed E-state index contributed by atoms with van der Waals surface area (Å²) in [5, 5.41) is 6.98. The Hall–Kier alpha value is -4.18. The Morgan fingerprint density at radius 2 is 1.39 bits per heavy atom. The number of urea groups is 2. The maximum Gasteiger partial charge on any atom is 0.339 e. The second-order valence-electron chi connectivity index (χ2n) is 7.05. The largest absolute Gasteiger partial charge is 0.379 e. The Kier molecular flexibility index (Phi) is 7.09. The number of nitrogens with one attached hydrogen (secondary N) is 3. The second-order valence-corrected chi connectivity index (χ2v) is 8.59. The second kappa shape index (κ2) is 9.96. The molecule has 0 saturated carbocycles. The Balaban J connectivity index is 1.59. The first kappa shape index (κ1) is 23.5. The molecule has 3 aromatic carbocycles. The maximum absolute atomic E-state index is 12.4. The van der Waals surface area contributed by atoms with Gasteiger partial charge in [0, 0.05) is 23.0 Å². The summed E-state index contributed by atoms with van der Waals surface area (Å²) in [4.78, 5) is 35.4. The Morgan fingerprint density at radius 1 is 0.788 bits per heavy atom. The first-order chi connectivity index (χ1) is 15.6. The van der Waals surface area contributed by atoms with Gasteiger partial charge in [0.15, 0.2) is 5.78 Å². The summed E-state index contributed by atoms with van der Waals surface area (Å²) in [5.41, 5.74) is 2.00. The molecule has 0 aliphatic heterocycles. The van der Waals surface area contributed by atoms with Crippen LogP contribution in [0, 0.1) is 6.92 Å². The molecule has 0 atom stereocenters. The van der Waals surface area contributed by atoms with E-state index in [2.05, 4.69) is 16.0 Å². The summed E-state index contributed by atoms with van der Waals surface area (Å²) in [6.45, 7) is 3.26. The molecule has 170 valence electrons. The van der Waals surface area contributed by atoms with Crippen LogP contribution in [-0.2, 0) is 10.1 Å². The van der Waals surface area contributed by atoms with Crippen LogP contribution in [0.3, 0.4) is 0 Å². The summed E-state index contributed by atoms with van der Waals surface area (Å²) in [5.74, 6) is -0.119. The molecule has 0 aliphatic rings. The molecule has 3 aromatic rings. The molecule has 0 heterocycles. The topological polar surface area (TPSA) is 131 Å². The average Bonchev–Trinajstić information content (AvgIpc) is 2.74. The predicted molar refractivity (Wildman–Crippen MR) is 123 cm³/mol. The van der Waals surface area contributed by atoms with E-state index in [9.17, 15) is 22.8 Å². The van der Waals surface area contributed by atoms with Crippen molar-refractivity contribution in [3.8, 4) is 5.75 Å². The summed E-state index contributed by atoms with van der Waals surface area (Å²) >= 11 is 0. The van der Waals surface area contributed by atoms with Crippen LogP contribution in [-0.4, -0.2) is 26.3 Å². The third kappa shape index (κ3) is 6.65. The van der Waals surface area contributed by atoms with Crippen LogP contribution in [0.2, 0.25) is 0 Å². The molecule has 0 bridgehead atoms. The first-order valence-corrected chi connectivity index (χ1v) is 11.1. The Labute approximate surface area is 190 Å². The van der Waals surface area contributed by atoms with E-state index < -0.39 is 22.2 Å². The minimum Gasteiger partial charge on any atom is -0.379 e. The standard InChI is InChI=1S/C23H21N3O6S/c1-15-6-12-21(13-7-15)33(30,31)32-20-5-3-4-19(14-20)25-23(29)26-22(28)24-18-10-8-17(9-11-18)16(2)27/h3-14H,1-2H3,(H3,24,25,26,28,29). The van der Waals surface area contributed by atoms with Crippen molar-refractivity contribution in [3.05, 3.63) is 83.9 Å². The molecule has 0 spiro atoms. The molecule has 0 saturated heterocycles. The van der Waals surface area contributed by atoms with Gasteiger partial charge in [-0.25, -0.2) is 9.59 Å². The van der Waals surface area contributed by atoms with Crippen LogP contribution >= 0.6 is 0 Å². The number of Topliss-reactive ketones (excluding diaryl/α,β-unsaturated/α-hetero) is 1. The number of aryl methyl sites for hydroxylation is 1. The van der Waals surface area contributed by atoms with Crippen LogP contribution in [0.15, 0.2) is 77.7 Å². The van der Waals surface area contributed by atoms with E-state index >= 15 is 0 Å². The van der Waals surface area contributed by atoms with E-state index in [0.29, 0.717) is 11.3 Å². The fraction of sp³-hybridized carbons (Fsp3) is 0.0870. The normalized spacial score (nSPS) is 10.7. The molecule has 0 fully saturated rings. The van der Waals surface area contributed by atoms with E-state index in [1.807, 2.05) is 6.92 Å². The van der Waals surface area contributed by atoms with Crippen molar-refractivity contribution >= 4 is 39.3 Å². The summed E-state index contributed by atoms with van der Waals surface area (Å²) in [6, 6.07) is 16.4. The quantitative estimate of drug-likeness (QED) is 0.366. The number of hydrogen-bond acceptors (Lipinski definition) is 6. The van der Waals surface area contributed by atoms with Gasteiger partial charge >= 0.3 is 22.2 Å². The minimum absolute atomic E-state index is 0.00258. The smallest absolute Gasteiger partial charge is 0.339 e. The monoisotopic (exact) mass is 467 g/mol. The van der Waals surface area contributed by atoms with Crippen LogP contribution in [0.5, 0.6) is 5.75 Å². The number of imide groups is 1. The highest BCUT2D eigenvalue weighted by Crippen LogP contribution is 2.22. The summed E-state index contributed by atoms with van der Waals surface area (Å²) in [7, 11) is -4.05. The van der Waals surface area contributed by atoms with E-state index in [4.69, 9.17) is 4.18 Å². The van der Waals surface area contributed by atoms with Gasteiger partial charge in [0.2, 0.25) is 0 Å². The van der Waals surface area contributed by atoms with Gasteiger partial charge in [0.25, 0.3) is 0 Å². The van der Waals surface area contributed by atoms with Crippen LogP contribution < -0.4 is 20.1 Å². The molecular formula is C23H21N3O6S. The molecular weight excluding hydrogens is 446 g/mol. The van der Waals surface area contributed by atoms with Crippen molar-refractivity contribution in [2.45, 2.75) is 18.7 Å². The number of carbonyl (C=O) groups excluding carboxylic acids is 3. The van der Waals surface area contributed by atoms with Gasteiger partial charge in [-0.2, -0.15) is 8.42 Å². The summed E-state index contributed by atoms with van der Waals surface area (Å²) in [6.07, 6.45) is 0. The molecule has 33 heavy (non-hydrogen) atoms. The van der Waals surface area contributed by atoms with Crippen molar-refractivity contribution in [3.63, 3.8) is 0 Å². The van der Waals surface area contributed by atoms with Gasteiger partial charge in [-0.15, -0.1) is 0 Å². The molecule has 4 amide bonds. The van der Waals surface area contributed by atoms with Crippen LogP contribution in [0.25, 0.3) is 0 Å². The predicted octanol–water partition coefficient (Wildman–Crippen LogP) is 4.32. The van der Waals surface area contributed by atoms with Gasteiger partial charge in [-0.3, -0.25) is 10.1 Å². The number of ketones is 1. The van der Waals surface area contributed by atoms with Crippen molar-refractivity contribution < 1.29 is 27.0 Å². The molecule has 9 nitrogen and oxygen atoms in total. The zero-order valence-electron chi connectivity index (χ0n) is 17.8. The molecule has 10 heteroatoms. The Bertz CT molecular complexity index is 1290. The number of carbonyl (C=O) groups is 3. The molecule has 3 N–H and O–H groups in total. The molecule has 0 aliphatic carbocycles. The van der Waals surface area contributed by atoms with Crippen molar-refractivity contribution in [1.82, 2.24) is 5.32 Å². The highest BCUT2D eigenvalue weighted by Gasteiger charge is 2.17. The number of anilines is 2. The van der Waals surface area contributed by atoms with Crippen LogP contribution in [0.1, 0.15) is 22.8 Å². The van der Waals surface area contributed by atoms with Gasteiger partial charge in [-0.1, -0.05) is 23.8 Å². The zero-order valence-corrected chi connectivity index (χ0v) is 18.6. The van der Waals surface area contributed by atoms with E-state index in [1.165, 1.54) is 55.5 Å². The number of hydrogen-bond donors (Lipinski definition) is 3. The SMILES string of the molecule is CC(=O)c1ccc(NC(=O)NC(=O)Nc2cccc(OS(=O)(=O)c3ccc(C)cc3)c2)cc1. The minimum atomic E-state index is -4.05. The van der Waals surface area contributed by atoms with Gasteiger partial charge < -0.3 is 14.8 Å². The maximum atomic E-state index is 12.4. The van der Waals surface area contributed by atoms with E-state index in [0.717, 1.165) is 5.56 Å². The number of benzene rings is 3. The third-order valence-corrected chi connectivity index (χ3v) is 5.65. The van der Waals surface area contributed by atoms with E-state index in [1.54, 1.807) is 24.3 Å². The lowest BCUT2D eigenvalue weighted by atomic mass is 10.1. The molecule has 0 unspecified atom stereocenters. The van der Waals surface area contributed by atoms with Gasteiger partial charge in [0.05, 0.1) is 0 Å². The highest BCUT2D eigenvalue weighted by atomic mass is 32.2. The van der Waals surface area contributed by atoms with Gasteiger partial charge in [-0.05, 0) is 62.4 Å². The first-order valence-electron chi connectivity index (χ1n) is 9.73. The molecule has 0 radical (unpaired) electrons. The fourth-order valence-electron chi connectivity index (χ4n) is 2.72. The average molecular weight is 468 g/mol. The van der Waals surface area contributed by atoms with Crippen molar-refractivity contribution in [1.29, 1.82) is 0 Å². The molecule has 3 rings (SSSR count). The van der Waals surface area contributed by atoms with Gasteiger partial charge in [0.1, 0.15) is 10.6 Å². The lowest BCUT2D eigenvalue weighted by Crippen LogP contribution is -2.37. The fourth-order valence-corrected chi connectivity index (χ4v) is 3.64. The lowest BCUT2D eigenvalue weighted by molar-refractivity contribution is 0.101. The highest BCUT2D eigenvalue weighted by molar-refractivity contribution is 7.87. The van der Waals surface area contributed by atoms with E-state index in [-0.39, 0.29) is 22.1 Å². The van der Waals surface area contributed by atoms with Crippen LogP contribution in [0.4, 0.5) is 21.0 Å².